The molecule has 1 aromatic heterocycles. The number of pyridine rings is 1. The molecule has 1 fully saturated rings. The predicted octanol–water partition coefficient (Wildman–Crippen LogP) is 4.45. The van der Waals surface area contributed by atoms with Crippen LogP contribution >= 0.6 is 11.6 Å². The number of nitrogens with zero attached hydrogens (tertiary/aromatic N) is 1. The summed E-state index contributed by atoms with van der Waals surface area (Å²) in [7, 11) is 0. The summed E-state index contributed by atoms with van der Waals surface area (Å²) in [6.45, 7) is 5.53. The van der Waals surface area contributed by atoms with Gasteiger partial charge >= 0.3 is 6.09 Å². The minimum Gasteiger partial charge on any atom is -0.444 e. The van der Waals surface area contributed by atoms with Crippen LogP contribution in [0.2, 0.25) is 5.02 Å². The molecule has 150 valence electrons. The van der Waals surface area contributed by atoms with Crippen LogP contribution in [0.25, 0.3) is 10.9 Å². The van der Waals surface area contributed by atoms with Crippen molar-refractivity contribution >= 4 is 34.5 Å². The third kappa shape index (κ3) is 5.58. The number of benzene rings is 1. The van der Waals surface area contributed by atoms with Gasteiger partial charge in [0, 0.05) is 22.5 Å². The number of aromatic nitrogens is 1. The lowest BCUT2D eigenvalue weighted by Gasteiger charge is -2.30. The smallest absolute Gasteiger partial charge is 0.407 e. The lowest BCUT2D eigenvalue weighted by molar-refractivity contribution is 0.0488. The maximum absolute atomic E-state index is 12.6. The van der Waals surface area contributed by atoms with Gasteiger partial charge in [-0.05, 0) is 70.7 Å². The SMILES string of the molecule is CC(C)(C)OC(=O)N[C@H]1CC[C@H](NC(=O)c2ccc3cc(Cl)ccc3n2)CC1. The second-order valence-corrected chi connectivity index (χ2v) is 8.64. The Balaban J connectivity index is 1.51. The third-order valence-corrected chi connectivity index (χ3v) is 4.90. The monoisotopic (exact) mass is 403 g/mol. The largest absolute Gasteiger partial charge is 0.444 e. The van der Waals surface area contributed by atoms with Gasteiger partial charge in [-0.3, -0.25) is 4.79 Å². The quantitative estimate of drug-likeness (QED) is 0.793. The van der Waals surface area contributed by atoms with Crippen LogP contribution in [0.5, 0.6) is 0 Å². The van der Waals surface area contributed by atoms with Crippen molar-refractivity contribution in [2.24, 2.45) is 0 Å². The van der Waals surface area contributed by atoms with Gasteiger partial charge in [0.05, 0.1) is 5.52 Å². The highest BCUT2D eigenvalue weighted by atomic mass is 35.5. The van der Waals surface area contributed by atoms with E-state index >= 15 is 0 Å². The summed E-state index contributed by atoms with van der Waals surface area (Å²) in [6, 6.07) is 9.11. The van der Waals surface area contributed by atoms with E-state index in [2.05, 4.69) is 15.6 Å². The Hall–Kier alpha value is -2.34. The second-order valence-electron chi connectivity index (χ2n) is 8.20. The fourth-order valence-corrected chi connectivity index (χ4v) is 3.52. The number of nitrogens with one attached hydrogen (secondary N) is 2. The van der Waals surface area contributed by atoms with E-state index in [4.69, 9.17) is 16.3 Å². The third-order valence-electron chi connectivity index (χ3n) is 4.67. The van der Waals surface area contributed by atoms with Gasteiger partial charge in [0.2, 0.25) is 0 Å². The first-order chi connectivity index (χ1) is 13.2. The maximum atomic E-state index is 12.6. The molecule has 2 aromatic rings. The Labute approximate surface area is 170 Å². The molecule has 28 heavy (non-hydrogen) atoms. The van der Waals surface area contributed by atoms with E-state index in [0.717, 1.165) is 36.6 Å². The number of hydrogen-bond acceptors (Lipinski definition) is 4. The van der Waals surface area contributed by atoms with Crippen LogP contribution in [-0.4, -0.2) is 34.7 Å². The fraction of sp³-hybridized carbons (Fsp3) is 0.476. The summed E-state index contributed by atoms with van der Waals surface area (Å²) in [5, 5.41) is 7.50. The van der Waals surface area contributed by atoms with Crippen molar-refractivity contribution in [2.45, 2.75) is 64.1 Å². The van der Waals surface area contributed by atoms with Gasteiger partial charge < -0.3 is 15.4 Å². The highest BCUT2D eigenvalue weighted by Gasteiger charge is 2.26. The van der Waals surface area contributed by atoms with Crippen molar-refractivity contribution in [3.63, 3.8) is 0 Å². The average molecular weight is 404 g/mol. The molecule has 0 atom stereocenters. The van der Waals surface area contributed by atoms with Gasteiger partial charge in [-0.2, -0.15) is 0 Å². The molecule has 1 saturated carbocycles. The molecule has 3 rings (SSSR count). The van der Waals surface area contributed by atoms with Crippen LogP contribution < -0.4 is 10.6 Å². The minimum absolute atomic E-state index is 0.0755. The van der Waals surface area contributed by atoms with Crippen LogP contribution in [0.4, 0.5) is 4.79 Å². The van der Waals surface area contributed by atoms with E-state index in [1.54, 1.807) is 12.1 Å². The summed E-state index contributed by atoms with van der Waals surface area (Å²) in [5.41, 5.74) is 0.624. The maximum Gasteiger partial charge on any atom is 0.407 e. The van der Waals surface area contributed by atoms with Gasteiger partial charge in [-0.1, -0.05) is 17.7 Å². The summed E-state index contributed by atoms with van der Waals surface area (Å²) < 4.78 is 5.30. The number of rotatable bonds is 3. The first kappa shape index (κ1) is 20.4. The van der Waals surface area contributed by atoms with Gasteiger partial charge in [0.25, 0.3) is 5.91 Å². The predicted molar refractivity (Wildman–Crippen MR) is 110 cm³/mol. The first-order valence-corrected chi connectivity index (χ1v) is 9.94. The molecular formula is C21H26ClN3O3. The molecule has 0 radical (unpaired) electrons. The first-order valence-electron chi connectivity index (χ1n) is 9.56. The molecule has 2 N–H and O–H groups in total. The van der Waals surface area contributed by atoms with Crippen LogP contribution in [0.15, 0.2) is 30.3 Å². The van der Waals surface area contributed by atoms with Crippen LogP contribution in [0, 0.1) is 0 Å². The number of carbonyl (C=O) groups excluding carboxylic acids is 2. The van der Waals surface area contributed by atoms with Gasteiger partial charge in [-0.15, -0.1) is 0 Å². The molecule has 2 amide bonds. The molecule has 6 nitrogen and oxygen atoms in total. The van der Waals surface area contributed by atoms with E-state index in [9.17, 15) is 9.59 Å². The van der Waals surface area contributed by atoms with E-state index in [-0.39, 0.29) is 24.1 Å². The Morgan fingerprint density at radius 3 is 2.32 bits per heavy atom. The van der Waals surface area contributed by atoms with Crippen molar-refractivity contribution in [2.75, 3.05) is 0 Å². The second kappa shape index (κ2) is 8.35. The number of alkyl carbamates (subject to hydrolysis) is 1. The summed E-state index contributed by atoms with van der Waals surface area (Å²) in [6.07, 6.45) is 2.81. The van der Waals surface area contributed by atoms with Crippen molar-refractivity contribution in [3.05, 3.63) is 41.0 Å². The Morgan fingerprint density at radius 2 is 1.68 bits per heavy atom. The average Bonchev–Trinajstić information content (AvgIpc) is 2.61. The van der Waals surface area contributed by atoms with Crippen molar-refractivity contribution in [1.29, 1.82) is 0 Å². The molecule has 1 aliphatic rings. The molecule has 1 heterocycles. The summed E-state index contributed by atoms with van der Waals surface area (Å²) >= 11 is 5.98. The Bertz CT molecular complexity index is 871. The van der Waals surface area contributed by atoms with E-state index < -0.39 is 5.60 Å². The normalized spacial score (nSPS) is 19.9. The highest BCUT2D eigenvalue weighted by Crippen LogP contribution is 2.21. The number of fused-ring (bicyclic) bond motifs is 1. The molecule has 0 saturated heterocycles. The zero-order chi connectivity index (χ0) is 20.3. The molecule has 0 bridgehead atoms. The Morgan fingerprint density at radius 1 is 1.04 bits per heavy atom. The van der Waals surface area contributed by atoms with Gasteiger partial charge in [0.15, 0.2) is 0 Å². The van der Waals surface area contributed by atoms with Crippen LogP contribution in [0.1, 0.15) is 56.9 Å². The van der Waals surface area contributed by atoms with E-state index in [1.165, 1.54) is 0 Å². The standard InChI is InChI=1S/C21H26ClN3O3/c1-21(2,3)28-20(27)24-16-8-6-15(7-9-16)23-19(26)18-10-4-13-12-14(22)5-11-17(13)25-18/h4-5,10-12,15-16H,6-9H2,1-3H3,(H,23,26)(H,24,27)/t15-,16-. The highest BCUT2D eigenvalue weighted by molar-refractivity contribution is 6.31. The molecule has 0 aliphatic heterocycles. The number of ether oxygens (including phenoxy) is 1. The lowest BCUT2D eigenvalue weighted by Crippen LogP contribution is -2.45. The lowest BCUT2D eigenvalue weighted by atomic mass is 9.91. The number of hydrogen-bond donors (Lipinski definition) is 2. The van der Waals surface area contributed by atoms with Crippen molar-refractivity contribution < 1.29 is 14.3 Å². The summed E-state index contributed by atoms with van der Waals surface area (Å²) in [5.74, 6) is -0.180. The molecular weight excluding hydrogens is 378 g/mol. The van der Waals surface area contributed by atoms with E-state index in [1.807, 2.05) is 39.0 Å². The van der Waals surface area contributed by atoms with Gasteiger partial charge in [0.1, 0.15) is 11.3 Å². The molecule has 7 heteroatoms. The number of carbonyl (C=O) groups is 2. The minimum atomic E-state index is -0.506. The topological polar surface area (TPSA) is 80.3 Å². The summed E-state index contributed by atoms with van der Waals surface area (Å²) in [4.78, 5) is 28.9. The van der Waals surface area contributed by atoms with Crippen LogP contribution in [-0.2, 0) is 4.74 Å². The molecule has 0 spiro atoms. The van der Waals surface area contributed by atoms with Crippen LogP contribution in [0.3, 0.4) is 0 Å². The van der Waals surface area contributed by atoms with Crippen molar-refractivity contribution in [1.82, 2.24) is 15.6 Å². The molecule has 1 aromatic carbocycles. The zero-order valence-corrected chi connectivity index (χ0v) is 17.2. The Kier molecular flexibility index (Phi) is 6.08. The van der Waals surface area contributed by atoms with Gasteiger partial charge in [-0.25, -0.2) is 9.78 Å². The number of amides is 2. The van der Waals surface area contributed by atoms with Crippen molar-refractivity contribution in [3.8, 4) is 0 Å². The number of halogens is 1. The molecule has 1 aliphatic carbocycles. The fourth-order valence-electron chi connectivity index (χ4n) is 3.34. The zero-order valence-electron chi connectivity index (χ0n) is 16.4. The van der Waals surface area contributed by atoms with E-state index in [0.29, 0.717) is 10.7 Å². The molecule has 0 unspecified atom stereocenters.